The van der Waals surface area contributed by atoms with E-state index in [1.54, 1.807) is 42.5 Å². The molecule has 0 unspecified atom stereocenters. The van der Waals surface area contributed by atoms with Gasteiger partial charge in [0.15, 0.2) is 12.6 Å². The number of aromatic nitrogens is 1. The molecule has 13 heteroatoms. The van der Waals surface area contributed by atoms with Crippen molar-refractivity contribution in [2.24, 2.45) is 5.73 Å². The molecule has 0 saturated carbocycles. The molecule has 4 rings (SSSR count). The minimum atomic E-state index is -1.25. The molecule has 0 radical (unpaired) electrons. The number of fused-ring (bicyclic) bond motifs is 1. The van der Waals surface area contributed by atoms with E-state index in [-0.39, 0.29) is 29.4 Å². The second-order valence-corrected chi connectivity index (χ2v) is 8.95. The number of carboxylic acids is 2. The molecule has 1 aromatic heterocycles. The van der Waals surface area contributed by atoms with Gasteiger partial charge in [-0.3, -0.25) is 10.2 Å². The van der Waals surface area contributed by atoms with Crippen molar-refractivity contribution in [1.82, 2.24) is 10.3 Å². The van der Waals surface area contributed by atoms with Gasteiger partial charge in [0.25, 0.3) is 5.91 Å². The van der Waals surface area contributed by atoms with Crippen LogP contribution in [0.25, 0.3) is 10.9 Å². The van der Waals surface area contributed by atoms with Crippen molar-refractivity contribution in [1.29, 1.82) is 5.41 Å². The smallest absolute Gasteiger partial charge is 0.343 e. The Hall–Kier alpha value is -5.98. The predicted octanol–water partition coefficient (Wildman–Crippen LogP) is 2.65. The Morgan fingerprint density at radius 3 is 2.24 bits per heavy atom. The molecule has 7 N–H and O–H groups in total. The molecule has 42 heavy (non-hydrogen) atoms. The molecule has 0 aliphatic carbocycles. The maximum atomic E-state index is 12.8. The topological polar surface area (TPSA) is 214 Å². The fourth-order valence-corrected chi connectivity index (χ4v) is 3.84. The summed E-state index contributed by atoms with van der Waals surface area (Å²) in [6.07, 6.45) is -0.0292. The first-order chi connectivity index (χ1) is 20.1. The first-order valence-corrected chi connectivity index (χ1v) is 12.4. The number of carboxylic acid groups (broad SMARTS) is 2. The molecule has 0 bridgehead atoms. The van der Waals surface area contributed by atoms with Crippen LogP contribution < -0.4 is 25.8 Å². The van der Waals surface area contributed by atoms with Crippen LogP contribution in [0.1, 0.15) is 26.4 Å². The Kier molecular flexibility index (Phi) is 8.92. The van der Waals surface area contributed by atoms with Crippen LogP contribution >= 0.6 is 0 Å². The van der Waals surface area contributed by atoms with Gasteiger partial charge in [0.1, 0.15) is 23.2 Å². The van der Waals surface area contributed by atoms with E-state index in [9.17, 15) is 24.3 Å². The average Bonchev–Trinajstić information content (AvgIpc) is 2.96. The number of hydrogen-bond acceptors (Lipinski definition) is 8. The number of nitrogens with one attached hydrogen (secondary N) is 3. The maximum Gasteiger partial charge on any atom is 0.343 e. The number of amides is 1. The number of pyridine rings is 1. The number of ether oxygens (including phenoxy) is 2. The molecule has 1 amide bonds. The number of carbonyl (C=O) groups is 4. The molecule has 1 atom stereocenters. The molecule has 0 saturated heterocycles. The Morgan fingerprint density at radius 1 is 0.905 bits per heavy atom. The number of anilines is 1. The molecule has 0 aliphatic heterocycles. The second-order valence-electron chi connectivity index (χ2n) is 8.95. The zero-order chi connectivity index (χ0) is 30.2. The zero-order valence-electron chi connectivity index (χ0n) is 21.9. The summed E-state index contributed by atoms with van der Waals surface area (Å²) in [7, 11) is 0. The van der Waals surface area contributed by atoms with E-state index in [0.717, 1.165) is 0 Å². The van der Waals surface area contributed by atoms with Crippen molar-refractivity contribution in [2.45, 2.75) is 12.5 Å². The molecule has 13 nitrogen and oxygen atoms in total. The molecule has 4 aromatic rings. The lowest BCUT2D eigenvalue weighted by Gasteiger charge is -2.15. The van der Waals surface area contributed by atoms with Crippen molar-refractivity contribution in [2.75, 3.05) is 11.9 Å². The molecule has 0 spiro atoms. The van der Waals surface area contributed by atoms with Gasteiger partial charge < -0.3 is 36.1 Å². The lowest BCUT2D eigenvalue weighted by atomic mass is 10.1. The molecule has 214 valence electrons. The number of hydrogen-bond donors (Lipinski definition) is 6. The molecule has 0 fully saturated rings. The SMILES string of the molecule is N=C(N)Nc1ccc(C(=O)Oc2ccc3nc(C(=O)N[C@@H](Cc4ccc(OCC(=O)O)cc4)C(=O)O)ccc3c2)cc1. The number of nitrogens with zero attached hydrogens (tertiary/aromatic N) is 1. The van der Waals surface area contributed by atoms with Crippen molar-refractivity contribution < 1.29 is 38.9 Å². The minimum Gasteiger partial charge on any atom is -0.482 e. The van der Waals surface area contributed by atoms with Crippen LogP contribution in [0.4, 0.5) is 5.69 Å². The summed E-state index contributed by atoms with van der Waals surface area (Å²) in [5.41, 5.74) is 7.12. The van der Waals surface area contributed by atoms with E-state index in [0.29, 0.717) is 27.9 Å². The summed E-state index contributed by atoms with van der Waals surface area (Å²) >= 11 is 0. The van der Waals surface area contributed by atoms with Gasteiger partial charge >= 0.3 is 17.9 Å². The molecular formula is C29H25N5O8. The third-order valence-electron chi connectivity index (χ3n) is 5.83. The van der Waals surface area contributed by atoms with E-state index >= 15 is 0 Å². The Balaban J connectivity index is 1.40. The van der Waals surface area contributed by atoms with Crippen LogP contribution in [0.2, 0.25) is 0 Å². The molecule has 1 heterocycles. The monoisotopic (exact) mass is 571 g/mol. The van der Waals surface area contributed by atoms with E-state index in [4.69, 9.17) is 25.7 Å². The number of nitrogens with two attached hydrogens (primary N) is 1. The Labute approximate surface area is 238 Å². The first-order valence-electron chi connectivity index (χ1n) is 12.4. The highest BCUT2D eigenvalue weighted by molar-refractivity contribution is 5.97. The number of esters is 1. The molecular weight excluding hydrogens is 546 g/mol. The highest BCUT2D eigenvalue weighted by atomic mass is 16.5. The summed E-state index contributed by atoms with van der Waals surface area (Å²) in [5.74, 6) is -3.32. The molecule has 0 aliphatic rings. The molecule has 3 aromatic carbocycles. The van der Waals surface area contributed by atoms with Crippen LogP contribution in [-0.2, 0) is 16.0 Å². The van der Waals surface area contributed by atoms with E-state index in [1.807, 2.05) is 0 Å². The van der Waals surface area contributed by atoms with Crippen LogP contribution in [0.5, 0.6) is 11.5 Å². The minimum absolute atomic E-state index is 0.00447. The third-order valence-corrected chi connectivity index (χ3v) is 5.83. The van der Waals surface area contributed by atoms with Gasteiger partial charge in [0.05, 0.1) is 11.1 Å². The summed E-state index contributed by atoms with van der Waals surface area (Å²) in [4.78, 5) is 52.1. The fraction of sp³-hybridized carbons (Fsp3) is 0.103. The lowest BCUT2D eigenvalue weighted by Crippen LogP contribution is -2.42. The fourth-order valence-electron chi connectivity index (χ4n) is 3.84. The van der Waals surface area contributed by atoms with Gasteiger partial charge in [-0.05, 0) is 66.2 Å². The van der Waals surface area contributed by atoms with Crippen LogP contribution in [0.3, 0.4) is 0 Å². The summed E-state index contributed by atoms with van der Waals surface area (Å²) < 4.78 is 10.5. The van der Waals surface area contributed by atoms with E-state index in [1.165, 1.54) is 36.4 Å². The van der Waals surface area contributed by atoms with Crippen molar-refractivity contribution >= 4 is 46.4 Å². The summed E-state index contributed by atoms with van der Waals surface area (Å²) in [6.45, 7) is -0.505. The van der Waals surface area contributed by atoms with Gasteiger partial charge in [-0.25, -0.2) is 19.4 Å². The van der Waals surface area contributed by atoms with Crippen LogP contribution in [0.15, 0.2) is 78.9 Å². The standard InChI is InChI=1S/C29H25N5O8/c30-29(31)32-19-6-3-17(4-7-19)28(40)42-21-10-12-22-18(14-21)5-11-23(33-22)26(37)34-24(27(38)39)13-16-1-8-20(9-2-16)41-15-25(35)36/h1-12,14,24H,13,15H2,(H,34,37)(H,35,36)(H,38,39)(H4,30,31,32)/t24-/m0/s1. The van der Waals surface area contributed by atoms with E-state index < -0.39 is 36.5 Å². The van der Waals surface area contributed by atoms with Gasteiger partial charge in [0, 0.05) is 17.5 Å². The summed E-state index contributed by atoms with van der Waals surface area (Å²) in [6, 6.07) is 18.8. The van der Waals surface area contributed by atoms with Gasteiger partial charge in [0.2, 0.25) is 0 Å². The van der Waals surface area contributed by atoms with Crippen LogP contribution in [0, 0.1) is 5.41 Å². The quantitative estimate of drug-likeness (QED) is 0.0666. The third kappa shape index (κ3) is 7.79. The van der Waals surface area contributed by atoms with Crippen LogP contribution in [-0.4, -0.2) is 57.6 Å². The number of carbonyl (C=O) groups excluding carboxylic acids is 2. The summed E-state index contributed by atoms with van der Waals surface area (Å²) in [5, 5.41) is 31.2. The Bertz CT molecular complexity index is 1660. The van der Waals surface area contributed by atoms with E-state index in [2.05, 4.69) is 15.6 Å². The number of rotatable bonds is 11. The van der Waals surface area contributed by atoms with Gasteiger partial charge in [-0.2, -0.15) is 0 Å². The van der Waals surface area contributed by atoms with Crippen molar-refractivity contribution in [3.8, 4) is 11.5 Å². The highest BCUT2D eigenvalue weighted by Gasteiger charge is 2.22. The zero-order valence-corrected chi connectivity index (χ0v) is 21.9. The maximum absolute atomic E-state index is 12.8. The largest absolute Gasteiger partial charge is 0.482 e. The lowest BCUT2D eigenvalue weighted by molar-refractivity contribution is -0.140. The normalized spacial score (nSPS) is 11.2. The number of guanidine groups is 1. The predicted molar refractivity (Wildman–Crippen MR) is 151 cm³/mol. The van der Waals surface area contributed by atoms with Crippen molar-refractivity contribution in [3.05, 3.63) is 95.7 Å². The average molecular weight is 572 g/mol. The van der Waals surface area contributed by atoms with Crippen molar-refractivity contribution in [3.63, 3.8) is 0 Å². The number of aliphatic carboxylic acids is 2. The van der Waals surface area contributed by atoms with Gasteiger partial charge in [-0.1, -0.05) is 18.2 Å². The van der Waals surface area contributed by atoms with Gasteiger partial charge in [-0.15, -0.1) is 0 Å². The Morgan fingerprint density at radius 2 is 1.60 bits per heavy atom. The second kappa shape index (κ2) is 12.9. The number of benzene rings is 3. The first kappa shape index (κ1) is 29.0. The highest BCUT2D eigenvalue weighted by Crippen LogP contribution is 2.22.